The fourth-order valence-corrected chi connectivity index (χ4v) is 2.96. The Bertz CT molecular complexity index is 789. The first-order valence-corrected chi connectivity index (χ1v) is 8.08. The molecule has 2 heterocycles. The highest BCUT2D eigenvalue weighted by Gasteiger charge is 2.26. The molecule has 1 saturated heterocycles. The molecule has 0 saturated carbocycles. The second kappa shape index (κ2) is 7.73. The lowest BCUT2D eigenvalue weighted by Gasteiger charge is -2.18. The molecule has 3 rings (SSSR count). The molecule has 128 valence electrons. The summed E-state index contributed by atoms with van der Waals surface area (Å²) < 4.78 is 5.79. The van der Waals surface area contributed by atoms with E-state index in [-0.39, 0.29) is 11.3 Å². The molecule has 1 aliphatic heterocycles. The van der Waals surface area contributed by atoms with Crippen molar-refractivity contribution < 1.29 is 9.66 Å². The van der Waals surface area contributed by atoms with Gasteiger partial charge in [0.25, 0.3) is 5.69 Å². The van der Waals surface area contributed by atoms with Gasteiger partial charge in [-0.15, -0.1) is 0 Å². The fraction of sp³-hybridized carbons (Fsp3) is 0.333. The smallest absolute Gasteiger partial charge is 0.289 e. The Kier molecular flexibility index (Phi) is 5.21. The lowest BCUT2D eigenvalue weighted by Crippen LogP contribution is -2.23. The van der Waals surface area contributed by atoms with Crippen molar-refractivity contribution in [1.82, 2.24) is 4.98 Å². The van der Waals surface area contributed by atoms with Gasteiger partial charge < -0.3 is 9.64 Å². The summed E-state index contributed by atoms with van der Waals surface area (Å²) in [5.41, 5.74) is 1.21. The van der Waals surface area contributed by atoms with Crippen molar-refractivity contribution in [3.63, 3.8) is 0 Å². The number of nitro groups is 1. The number of benzene rings is 1. The van der Waals surface area contributed by atoms with Crippen LogP contribution in [0.15, 0.2) is 42.6 Å². The lowest BCUT2D eigenvalue weighted by atomic mass is 10.1. The average molecular weight is 338 g/mol. The molecule has 7 nitrogen and oxygen atoms in total. The van der Waals surface area contributed by atoms with E-state index in [0.717, 1.165) is 25.1 Å². The van der Waals surface area contributed by atoms with Crippen LogP contribution in [0.25, 0.3) is 0 Å². The predicted molar refractivity (Wildman–Crippen MR) is 92.0 cm³/mol. The van der Waals surface area contributed by atoms with Crippen LogP contribution in [0.2, 0.25) is 0 Å². The number of anilines is 1. The van der Waals surface area contributed by atoms with Gasteiger partial charge in [-0.3, -0.25) is 10.1 Å². The van der Waals surface area contributed by atoms with Crippen LogP contribution in [0, 0.1) is 27.4 Å². The largest absolute Gasteiger partial charge is 0.376 e. The topological polar surface area (TPSA) is 92.3 Å². The molecule has 1 atom stereocenters. The summed E-state index contributed by atoms with van der Waals surface area (Å²) in [6.07, 6.45) is 2.15. The minimum absolute atomic E-state index is 0.165. The SMILES string of the molecule is N#Cc1cc([N+](=O)[O-])cnc1N1CCC(COCc2ccccc2)C1. The molecule has 0 N–H and O–H groups in total. The van der Waals surface area contributed by atoms with Crippen LogP contribution in [-0.4, -0.2) is 29.6 Å². The van der Waals surface area contributed by atoms with E-state index in [1.54, 1.807) is 0 Å². The number of hydrogen-bond acceptors (Lipinski definition) is 6. The van der Waals surface area contributed by atoms with E-state index < -0.39 is 4.92 Å². The summed E-state index contributed by atoms with van der Waals surface area (Å²) in [6.45, 7) is 2.71. The van der Waals surface area contributed by atoms with Gasteiger partial charge >= 0.3 is 0 Å². The Labute approximate surface area is 145 Å². The summed E-state index contributed by atoms with van der Waals surface area (Å²) in [4.78, 5) is 16.4. The Balaban J connectivity index is 1.57. The average Bonchev–Trinajstić information content (AvgIpc) is 3.10. The quantitative estimate of drug-likeness (QED) is 0.594. The Morgan fingerprint density at radius 3 is 2.92 bits per heavy atom. The molecule has 1 fully saturated rings. The van der Waals surface area contributed by atoms with Crippen LogP contribution in [0.3, 0.4) is 0 Å². The molecule has 0 bridgehead atoms. The van der Waals surface area contributed by atoms with Gasteiger partial charge in [-0.05, 0) is 12.0 Å². The van der Waals surface area contributed by atoms with Crippen molar-refractivity contribution in [1.29, 1.82) is 5.26 Å². The van der Waals surface area contributed by atoms with Gasteiger partial charge in [-0.1, -0.05) is 30.3 Å². The number of rotatable bonds is 6. The third kappa shape index (κ3) is 4.11. The van der Waals surface area contributed by atoms with Crippen molar-refractivity contribution >= 4 is 11.5 Å². The number of aromatic nitrogens is 1. The van der Waals surface area contributed by atoms with Gasteiger partial charge in [0.15, 0.2) is 0 Å². The molecule has 0 radical (unpaired) electrons. The molecule has 1 aromatic heterocycles. The van der Waals surface area contributed by atoms with Gasteiger partial charge in [0.1, 0.15) is 23.6 Å². The molecule has 1 aliphatic rings. The minimum atomic E-state index is -0.540. The molecule has 7 heteroatoms. The van der Waals surface area contributed by atoms with Gasteiger partial charge in [0, 0.05) is 25.1 Å². The highest BCUT2D eigenvalue weighted by molar-refractivity contribution is 5.57. The Hall–Kier alpha value is -2.98. The van der Waals surface area contributed by atoms with E-state index in [1.165, 1.54) is 12.3 Å². The molecular formula is C18H18N4O3. The van der Waals surface area contributed by atoms with Crippen molar-refractivity contribution in [3.8, 4) is 6.07 Å². The third-order valence-electron chi connectivity index (χ3n) is 4.23. The number of ether oxygens (including phenoxy) is 1. The number of pyridine rings is 1. The monoisotopic (exact) mass is 338 g/mol. The minimum Gasteiger partial charge on any atom is -0.376 e. The fourth-order valence-electron chi connectivity index (χ4n) is 2.96. The second-order valence-electron chi connectivity index (χ2n) is 6.04. The van der Waals surface area contributed by atoms with Crippen LogP contribution in [0.4, 0.5) is 11.5 Å². The van der Waals surface area contributed by atoms with Gasteiger partial charge in [-0.25, -0.2) is 4.98 Å². The summed E-state index contributed by atoms with van der Waals surface area (Å²) in [5.74, 6) is 0.867. The zero-order valence-electron chi connectivity index (χ0n) is 13.7. The molecule has 2 aromatic rings. The number of hydrogen-bond donors (Lipinski definition) is 0. The van der Waals surface area contributed by atoms with Crippen molar-refractivity contribution in [2.24, 2.45) is 5.92 Å². The predicted octanol–water partition coefficient (Wildman–Crippen LogP) is 2.90. The molecule has 0 aliphatic carbocycles. The first-order chi connectivity index (χ1) is 12.2. The summed E-state index contributed by atoms with van der Waals surface area (Å²) >= 11 is 0. The maximum absolute atomic E-state index is 10.8. The first-order valence-electron chi connectivity index (χ1n) is 8.08. The van der Waals surface area contributed by atoms with E-state index in [0.29, 0.717) is 24.9 Å². The second-order valence-corrected chi connectivity index (χ2v) is 6.04. The first kappa shape index (κ1) is 16.9. The highest BCUT2D eigenvalue weighted by Crippen LogP contribution is 2.27. The molecule has 0 amide bonds. The third-order valence-corrected chi connectivity index (χ3v) is 4.23. The zero-order valence-corrected chi connectivity index (χ0v) is 13.7. The van der Waals surface area contributed by atoms with Gasteiger partial charge in [-0.2, -0.15) is 5.26 Å². The molecule has 1 aromatic carbocycles. The molecular weight excluding hydrogens is 320 g/mol. The van der Waals surface area contributed by atoms with Crippen LogP contribution < -0.4 is 4.90 Å². The van der Waals surface area contributed by atoms with Gasteiger partial charge in [0.2, 0.25) is 0 Å². The summed E-state index contributed by atoms with van der Waals surface area (Å²) in [6, 6.07) is 13.3. The lowest BCUT2D eigenvalue weighted by molar-refractivity contribution is -0.385. The van der Waals surface area contributed by atoms with Crippen molar-refractivity contribution in [2.45, 2.75) is 13.0 Å². The van der Waals surface area contributed by atoms with Crippen LogP contribution in [0.5, 0.6) is 0 Å². The standard InChI is InChI=1S/C18H18N4O3/c19-9-16-8-17(22(23)24)10-20-18(16)21-7-6-15(11-21)13-25-12-14-4-2-1-3-5-14/h1-5,8,10,15H,6-7,11-13H2. The molecule has 0 spiro atoms. The Morgan fingerprint density at radius 2 is 2.20 bits per heavy atom. The van der Waals surface area contributed by atoms with E-state index in [2.05, 4.69) is 4.98 Å². The highest BCUT2D eigenvalue weighted by atomic mass is 16.6. The van der Waals surface area contributed by atoms with Crippen LogP contribution in [-0.2, 0) is 11.3 Å². The van der Waals surface area contributed by atoms with E-state index in [1.807, 2.05) is 41.3 Å². The van der Waals surface area contributed by atoms with Crippen LogP contribution >= 0.6 is 0 Å². The Morgan fingerprint density at radius 1 is 1.40 bits per heavy atom. The van der Waals surface area contributed by atoms with Gasteiger partial charge in [0.05, 0.1) is 18.1 Å². The number of nitrogens with zero attached hydrogens (tertiary/aromatic N) is 4. The van der Waals surface area contributed by atoms with Crippen molar-refractivity contribution in [3.05, 3.63) is 63.8 Å². The summed E-state index contributed by atoms with van der Waals surface area (Å²) in [7, 11) is 0. The van der Waals surface area contributed by atoms with E-state index >= 15 is 0 Å². The zero-order chi connectivity index (χ0) is 17.6. The van der Waals surface area contributed by atoms with E-state index in [9.17, 15) is 15.4 Å². The maximum atomic E-state index is 10.8. The van der Waals surface area contributed by atoms with Crippen LogP contribution in [0.1, 0.15) is 17.5 Å². The van der Waals surface area contributed by atoms with Crippen molar-refractivity contribution in [2.75, 3.05) is 24.6 Å². The normalized spacial score (nSPS) is 16.6. The summed E-state index contributed by atoms with van der Waals surface area (Å²) in [5, 5.41) is 20.1. The van der Waals surface area contributed by atoms with E-state index in [4.69, 9.17) is 4.74 Å². The number of nitriles is 1. The maximum Gasteiger partial charge on any atom is 0.289 e. The molecule has 1 unspecified atom stereocenters. The molecule has 25 heavy (non-hydrogen) atoms.